The molecule has 0 radical (unpaired) electrons. The highest BCUT2D eigenvalue weighted by Crippen LogP contribution is 2.24. The molecule has 0 unspecified atom stereocenters. The summed E-state index contributed by atoms with van der Waals surface area (Å²) in [5.41, 5.74) is 4.71. The van der Waals surface area contributed by atoms with E-state index in [0.29, 0.717) is 12.8 Å². The first-order valence-corrected chi connectivity index (χ1v) is 6.70. The highest BCUT2D eigenvalue weighted by molar-refractivity contribution is 5.90. The number of carbonyl (C=O) groups excluding carboxylic acids is 1. The molecule has 1 amide bonds. The number of imidazole rings is 1. The molecular weight excluding hydrogens is 238 g/mol. The molecule has 0 atom stereocenters. The number of H-pyrrole nitrogens is 1. The lowest BCUT2D eigenvalue weighted by atomic mass is 10.1. The normalized spacial score (nSPS) is 13.3. The van der Waals surface area contributed by atoms with Gasteiger partial charge in [-0.15, -0.1) is 0 Å². The smallest absolute Gasteiger partial charge is 0.224 e. The van der Waals surface area contributed by atoms with E-state index in [1.54, 1.807) is 12.5 Å². The van der Waals surface area contributed by atoms with E-state index in [4.69, 9.17) is 0 Å². The summed E-state index contributed by atoms with van der Waals surface area (Å²) in [6.45, 7) is 0. The number of fused-ring (bicyclic) bond motifs is 1. The number of aryl methyl sites for hydroxylation is 3. The number of anilines is 1. The lowest BCUT2D eigenvalue weighted by Crippen LogP contribution is -2.12. The van der Waals surface area contributed by atoms with Crippen LogP contribution in [0.15, 0.2) is 30.7 Å². The lowest BCUT2D eigenvalue weighted by molar-refractivity contribution is -0.116. The van der Waals surface area contributed by atoms with Crippen molar-refractivity contribution in [3.05, 3.63) is 47.5 Å². The van der Waals surface area contributed by atoms with E-state index in [-0.39, 0.29) is 5.91 Å². The van der Waals surface area contributed by atoms with Crippen LogP contribution >= 0.6 is 0 Å². The third-order valence-electron chi connectivity index (χ3n) is 3.56. The Hall–Kier alpha value is -2.10. The number of aromatic nitrogens is 2. The Kier molecular flexibility index (Phi) is 3.31. The minimum absolute atomic E-state index is 0.0487. The quantitative estimate of drug-likeness (QED) is 0.881. The second kappa shape index (κ2) is 5.26. The second-order valence-corrected chi connectivity index (χ2v) is 4.96. The van der Waals surface area contributed by atoms with E-state index in [9.17, 15) is 4.79 Å². The van der Waals surface area contributed by atoms with Crippen molar-refractivity contribution in [1.82, 2.24) is 9.97 Å². The van der Waals surface area contributed by atoms with E-state index < -0.39 is 0 Å². The first-order valence-electron chi connectivity index (χ1n) is 6.70. The highest BCUT2D eigenvalue weighted by Gasteiger charge is 2.11. The van der Waals surface area contributed by atoms with Crippen molar-refractivity contribution in [2.45, 2.75) is 32.1 Å². The van der Waals surface area contributed by atoms with Gasteiger partial charge in [0.05, 0.1) is 6.33 Å². The van der Waals surface area contributed by atoms with Gasteiger partial charge >= 0.3 is 0 Å². The number of nitrogens with zero attached hydrogens (tertiary/aromatic N) is 1. The fourth-order valence-corrected chi connectivity index (χ4v) is 2.54. The van der Waals surface area contributed by atoms with Gasteiger partial charge in [-0.05, 0) is 48.9 Å². The molecule has 3 rings (SSSR count). The van der Waals surface area contributed by atoms with E-state index >= 15 is 0 Å². The van der Waals surface area contributed by atoms with Crippen LogP contribution in [0.3, 0.4) is 0 Å². The zero-order chi connectivity index (χ0) is 13.1. The van der Waals surface area contributed by atoms with Gasteiger partial charge in [0.2, 0.25) is 5.91 Å². The Morgan fingerprint density at radius 2 is 2.21 bits per heavy atom. The number of aromatic amines is 1. The van der Waals surface area contributed by atoms with Crippen molar-refractivity contribution in [3.63, 3.8) is 0 Å². The summed E-state index contributed by atoms with van der Waals surface area (Å²) in [5, 5.41) is 2.96. The number of carbonyl (C=O) groups is 1. The molecule has 98 valence electrons. The molecule has 0 aliphatic heterocycles. The number of hydrogen-bond acceptors (Lipinski definition) is 2. The van der Waals surface area contributed by atoms with Crippen molar-refractivity contribution in [1.29, 1.82) is 0 Å². The zero-order valence-corrected chi connectivity index (χ0v) is 10.8. The minimum atomic E-state index is 0.0487. The first kappa shape index (κ1) is 12.0. The molecule has 0 spiro atoms. The highest BCUT2D eigenvalue weighted by atomic mass is 16.1. The standard InChI is InChI=1S/C15H17N3O/c19-15(7-6-14-9-16-10-17-14)18-13-5-4-11-2-1-3-12(11)8-13/h4-5,8-10H,1-3,6-7H2,(H,16,17)(H,18,19). The Morgan fingerprint density at radius 1 is 1.32 bits per heavy atom. The summed E-state index contributed by atoms with van der Waals surface area (Å²) in [6, 6.07) is 6.24. The summed E-state index contributed by atoms with van der Waals surface area (Å²) in [6.07, 6.45) is 8.08. The Morgan fingerprint density at radius 3 is 3.05 bits per heavy atom. The third kappa shape index (κ3) is 2.84. The van der Waals surface area contributed by atoms with Crippen molar-refractivity contribution in [2.75, 3.05) is 5.32 Å². The Bertz CT molecular complexity index is 575. The maximum Gasteiger partial charge on any atom is 0.224 e. The molecule has 0 fully saturated rings. The van der Waals surface area contributed by atoms with Gasteiger partial charge in [0.25, 0.3) is 0 Å². The van der Waals surface area contributed by atoms with Crippen LogP contribution in [0.25, 0.3) is 0 Å². The van der Waals surface area contributed by atoms with E-state index in [1.165, 1.54) is 24.0 Å². The molecule has 1 aromatic heterocycles. The molecular formula is C15H17N3O. The van der Waals surface area contributed by atoms with Crippen molar-refractivity contribution in [3.8, 4) is 0 Å². The Balaban J connectivity index is 1.57. The molecule has 2 N–H and O–H groups in total. The molecule has 1 aromatic carbocycles. The predicted molar refractivity (Wildman–Crippen MR) is 74.0 cm³/mol. The molecule has 19 heavy (non-hydrogen) atoms. The van der Waals surface area contributed by atoms with Gasteiger partial charge < -0.3 is 10.3 Å². The van der Waals surface area contributed by atoms with Crippen molar-refractivity contribution in [2.24, 2.45) is 0 Å². The summed E-state index contributed by atoms with van der Waals surface area (Å²) in [5.74, 6) is 0.0487. The lowest BCUT2D eigenvalue weighted by Gasteiger charge is -2.07. The topological polar surface area (TPSA) is 57.8 Å². The van der Waals surface area contributed by atoms with E-state index in [1.807, 2.05) is 6.07 Å². The molecule has 1 heterocycles. The SMILES string of the molecule is O=C(CCc1cnc[nH]1)Nc1ccc2c(c1)CCC2. The van der Waals surface area contributed by atoms with Crippen LogP contribution in [0, 0.1) is 0 Å². The maximum absolute atomic E-state index is 11.9. The fraction of sp³-hybridized carbons (Fsp3) is 0.333. The monoisotopic (exact) mass is 255 g/mol. The minimum Gasteiger partial charge on any atom is -0.348 e. The van der Waals surface area contributed by atoms with Gasteiger partial charge in [-0.25, -0.2) is 4.98 Å². The first-order chi connectivity index (χ1) is 9.31. The number of amides is 1. The third-order valence-corrected chi connectivity index (χ3v) is 3.56. The van der Waals surface area contributed by atoms with Crippen molar-refractivity contribution >= 4 is 11.6 Å². The van der Waals surface area contributed by atoms with Gasteiger partial charge in [-0.3, -0.25) is 4.79 Å². The number of nitrogens with one attached hydrogen (secondary N) is 2. The Labute approximate surface area is 112 Å². The van der Waals surface area contributed by atoms with Crippen LogP contribution in [-0.4, -0.2) is 15.9 Å². The second-order valence-electron chi connectivity index (χ2n) is 4.96. The van der Waals surface area contributed by atoms with Crippen LogP contribution in [0.1, 0.15) is 29.7 Å². The maximum atomic E-state index is 11.9. The predicted octanol–water partition coefficient (Wildman–Crippen LogP) is 2.47. The van der Waals surface area contributed by atoms with Crippen LogP contribution in [0.5, 0.6) is 0 Å². The largest absolute Gasteiger partial charge is 0.348 e. The number of rotatable bonds is 4. The molecule has 4 nitrogen and oxygen atoms in total. The van der Waals surface area contributed by atoms with Crippen LogP contribution in [-0.2, 0) is 24.1 Å². The number of benzene rings is 1. The molecule has 2 aromatic rings. The fourth-order valence-electron chi connectivity index (χ4n) is 2.54. The molecule has 0 saturated carbocycles. The van der Waals surface area contributed by atoms with Gasteiger partial charge in [-0.1, -0.05) is 6.07 Å². The van der Waals surface area contributed by atoms with E-state index in [2.05, 4.69) is 27.4 Å². The average molecular weight is 255 g/mol. The zero-order valence-electron chi connectivity index (χ0n) is 10.8. The van der Waals surface area contributed by atoms with Gasteiger partial charge in [0, 0.05) is 24.0 Å². The van der Waals surface area contributed by atoms with Crippen LogP contribution in [0.2, 0.25) is 0 Å². The van der Waals surface area contributed by atoms with Gasteiger partial charge in [-0.2, -0.15) is 0 Å². The molecule has 0 bridgehead atoms. The summed E-state index contributed by atoms with van der Waals surface area (Å²) < 4.78 is 0. The average Bonchev–Trinajstić information content (AvgIpc) is 3.07. The van der Waals surface area contributed by atoms with Gasteiger partial charge in [0.15, 0.2) is 0 Å². The molecule has 1 aliphatic rings. The molecule has 1 aliphatic carbocycles. The van der Waals surface area contributed by atoms with E-state index in [0.717, 1.165) is 17.8 Å². The summed E-state index contributed by atoms with van der Waals surface area (Å²) >= 11 is 0. The summed E-state index contributed by atoms with van der Waals surface area (Å²) in [4.78, 5) is 18.8. The van der Waals surface area contributed by atoms with Crippen molar-refractivity contribution < 1.29 is 4.79 Å². The van der Waals surface area contributed by atoms with Crippen LogP contribution < -0.4 is 5.32 Å². The number of hydrogen-bond donors (Lipinski definition) is 2. The van der Waals surface area contributed by atoms with Crippen LogP contribution in [0.4, 0.5) is 5.69 Å². The molecule has 4 heteroatoms. The van der Waals surface area contributed by atoms with Gasteiger partial charge in [0.1, 0.15) is 0 Å². The molecule has 0 saturated heterocycles. The summed E-state index contributed by atoms with van der Waals surface area (Å²) in [7, 11) is 0.